The number of nitrogens with zero attached hydrogens (tertiary/aromatic N) is 6. The molecule has 0 atom stereocenters. The maximum Gasteiger partial charge on any atom is 0.264 e. The van der Waals surface area contributed by atoms with Gasteiger partial charge in [0.2, 0.25) is 15.9 Å². The minimum atomic E-state index is -3.77. The number of benzene rings is 1. The molecule has 13 heteroatoms. The van der Waals surface area contributed by atoms with Crippen molar-refractivity contribution in [3.63, 3.8) is 0 Å². The number of aryl methyl sites for hydroxylation is 1. The summed E-state index contributed by atoms with van der Waals surface area (Å²) >= 11 is 0. The maximum absolute atomic E-state index is 13.1. The van der Waals surface area contributed by atoms with E-state index in [9.17, 15) is 18.0 Å². The predicted octanol–water partition coefficient (Wildman–Crippen LogP) is -0.320. The van der Waals surface area contributed by atoms with Gasteiger partial charge in [-0.05, 0) is 12.1 Å². The van der Waals surface area contributed by atoms with Gasteiger partial charge in [0.25, 0.3) is 5.56 Å². The summed E-state index contributed by atoms with van der Waals surface area (Å²) in [5, 5.41) is 4.34. The number of ether oxygens (including phenoxy) is 2. The second kappa shape index (κ2) is 8.83. The standard InChI is InChI=1S/C20H24N6O6S/c1-23-19-15(11-22-23)20(28)25(13-21-19)12-18(27)24-6-8-26(9-7-24)33(29,30)14-4-5-16(31-2)17(10-14)32-3/h4-5,10-11,13H,6-9,12H2,1-3H3. The van der Waals surface area contributed by atoms with Crippen molar-refractivity contribution in [3.05, 3.63) is 41.1 Å². The van der Waals surface area contributed by atoms with E-state index in [-0.39, 0.29) is 49.1 Å². The number of sulfonamides is 1. The summed E-state index contributed by atoms with van der Waals surface area (Å²) in [5.41, 5.74) is 0.0915. The zero-order valence-electron chi connectivity index (χ0n) is 18.5. The molecule has 0 unspecified atom stereocenters. The van der Waals surface area contributed by atoms with Crippen molar-refractivity contribution in [1.82, 2.24) is 28.5 Å². The highest BCUT2D eigenvalue weighted by Gasteiger charge is 2.31. The Morgan fingerprint density at radius 3 is 2.45 bits per heavy atom. The molecule has 1 aromatic carbocycles. The number of hydrogen-bond donors (Lipinski definition) is 0. The number of fused-ring (bicyclic) bond motifs is 1. The van der Waals surface area contributed by atoms with Gasteiger partial charge in [-0.15, -0.1) is 0 Å². The Balaban J connectivity index is 1.44. The number of piperazine rings is 1. The Morgan fingerprint density at radius 2 is 1.79 bits per heavy atom. The lowest BCUT2D eigenvalue weighted by Crippen LogP contribution is -2.51. The van der Waals surface area contributed by atoms with Crippen molar-refractivity contribution in [3.8, 4) is 11.5 Å². The first-order chi connectivity index (χ1) is 15.8. The fourth-order valence-electron chi connectivity index (χ4n) is 3.73. The summed E-state index contributed by atoms with van der Waals surface area (Å²) in [6.45, 7) is 0.513. The Labute approximate surface area is 190 Å². The molecule has 33 heavy (non-hydrogen) atoms. The highest BCUT2D eigenvalue weighted by atomic mass is 32.2. The van der Waals surface area contributed by atoms with E-state index >= 15 is 0 Å². The lowest BCUT2D eigenvalue weighted by molar-refractivity contribution is -0.133. The van der Waals surface area contributed by atoms with Crippen LogP contribution in [0.4, 0.5) is 0 Å². The fraction of sp³-hybridized carbons (Fsp3) is 0.400. The molecule has 176 valence electrons. The highest BCUT2D eigenvalue weighted by Crippen LogP contribution is 2.30. The van der Waals surface area contributed by atoms with E-state index in [1.807, 2.05) is 0 Å². The summed E-state index contributed by atoms with van der Waals surface area (Å²) in [5.74, 6) is 0.461. The van der Waals surface area contributed by atoms with Crippen molar-refractivity contribution in [1.29, 1.82) is 0 Å². The molecule has 1 aliphatic rings. The van der Waals surface area contributed by atoms with Crippen LogP contribution in [0.5, 0.6) is 11.5 Å². The summed E-state index contributed by atoms with van der Waals surface area (Å²) in [4.78, 5) is 31.2. The van der Waals surface area contributed by atoms with Crippen molar-refractivity contribution in [2.24, 2.45) is 7.05 Å². The molecular weight excluding hydrogens is 452 g/mol. The molecule has 3 heterocycles. The van der Waals surface area contributed by atoms with Crippen LogP contribution in [0.3, 0.4) is 0 Å². The molecule has 0 saturated carbocycles. The second-order valence-electron chi connectivity index (χ2n) is 7.48. The normalized spacial score (nSPS) is 15.1. The van der Waals surface area contributed by atoms with Crippen molar-refractivity contribution in [2.75, 3.05) is 40.4 Å². The number of hydrogen-bond acceptors (Lipinski definition) is 8. The van der Waals surface area contributed by atoms with E-state index in [1.165, 1.54) is 58.5 Å². The number of aromatic nitrogens is 4. The van der Waals surface area contributed by atoms with E-state index in [4.69, 9.17) is 9.47 Å². The van der Waals surface area contributed by atoms with Gasteiger partial charge >= 0.3 is 0 Å². The predicted molar refractivity (Wildman–Crippen MR) is 118 cm³/mol. The minimum Gasteiger partial charge on any atom is -0.493 e. The Morgan fingerprint density at radius 1 is 1.09 bits per heavy atom. The van der Waals surface area contributed by atoms with Gasteiger partial charge in [0.05, 0.1) is 25.3 Å². The van der Waals surface area contributed by atoms with Gasteiger partial charge in [0.1, 0.15) is 18.3 Å². The fourth-order valence-corrected chi connectivity index (χ4v) is 5.17. The number of methoxy groups -OCH3 is 2. The smallest absolute Gasteiger partial charge is 0.264 e. The van der Waals surface area contributed by atoms with E-state index in [0.717, 1.165) is 0 Å². The molecule has 0 spiro atoms. The lowest BCUT2D eigenvalue weighted by Gasteiger charge is -2.34. The molecule has 0 N–H and O–H groups in total. The van der Waals surface area contributed by atoms with Crippen LogP contribution in [-0.2, 0) is 28.4 Å². The molecule has 1 amide bonds. The van der Waals surface area contributed by atoms with Gasteiger partial charge in [-0.2, -0.15) is 9.40 Å². The van der Waals surface area contributed by atoms with Crippen molar-refractivity contribution in [2.45, 2.75) is 11.4 Å². The monoisotopic (exact) mass is 476 g/mol. The molecule has 3 aromatic rings. The summed E-state index contributed by atoms with van der Waals surface area (Å²) < 4.78 is 40.5. The molecule has 1 aliphatic heterocycles. The minimum absolute atomic E-state index is 0.0855. The Hall–Kier alpha value is -3.45. The molecule has 0 aliphatic carbocycles. The third-order valence-electron chi connectivity index (χ3n) is 5.61. The third-order valence-corrected chi connectivity index (χ3v) is 7.50. The van der Waals surface area contributed by atoms with Crippen LogP contribution in [0.15, 0.2) is 40.4 Å². The van der Waals surface area contributed by atoms with Gasteiger partial charge < -0.3 is 14.4 Å². The molecule has 1 fully saturated rings. The van der Waals surface area contributed by atoms with Crippen LogP contribution in [0.25, 0.3) is 11.0 Å². The first kappa shape index (κ1) is 22.7. The van der Waals surface area contributed by atoms with Crippen LogP contribution >= 0.6 is 0 Å². The lowest BCUT2D eigenvalue weighted by atomic mass is 10.3. The summed E-state index contributed by atoms with van der Waals surface area (Å²) in [7, 11) is 0.819. The Kier molecular flexibility index (Phi) is 6.08. The van der Waals surface area contributed by atoms with Crippen LogP contribution in [0.2, 0.25) is 0 Å². The summed E-state index contributed by atoms with van der Waals surface area (Å²) in [6, 6.07) is 4.41. The Bertz CT molecular complexity index is 1360. The van der Waals surface area contributed by atoms with Gasteiger partial charge in [-0.3, -0.25) is 18.8 Å². The number of carbonyl (C=O) groups is 1. The third kappa shape index (κ3) is 4.16. The zero-order chi connectivity index (χ0) is 23.8. The number of carbonyl (C=O) groups excluding carboxylic acids is 1. The number of rotatable bonds is 6. The van der Waals surface area contributed by atoms with Gasteiger partial charge in [-0.25, -0.2) is 13.4 Å². The van der Waals surface area contributed by atoms with Gasteiger partial charge in [0, 0.05) is 39.3 Å². The molecule has 1 saturated heterocycles. The van der Waals surface area contributed by atoms with Gasteiger partial charge in [-0.1, -0.05) is 0 Å². The number of amides is 1. The highest BCUT2D eigenvalue weighted by molar-refractivity contribution is 7.89. The van der Waals surface area contributed by atoms with E-state index in [1.54, 1.807) is 11.9 Å². The zero-order valence-corrected chi connectivity index (χ0v) is 19.3. The molecule has 4 rings (SSSR count). The van der Waals surface area contributed by atoms with Crippen LogP contribution in [0.1, 0.15) is 0 Å². The SMILES string of the molecule is COc1ccc(S(=O)(=O)N2CCN(C(=O)Cn3cnc4c(cnn4C)c3=O)CC2)cc1OC. The molecule has 12 nitrogen and oxygen atoms in total. The molecular formula is C20H24N6O6S. The maximum atomic E-state index is 13.1. The topological polar surface area (TPSA) is 129 Å². The average molecular weight is 477 g/mol. The molecule has 2 aromatic heterocycles. The quantitative estimate of drug-likeness (QED) is 0.473. The molecule has 0 bridgehead atoms. The van der Waals surface area contributed by atoms with Crippen molar-refractivity contribution >= 4 is 27.0 Å². The van der Waals surface area contributed by atoms with Gasteiger partial charge in [0.15, 0.2) is 17.1 Å². The van der Waals surface area contributed by atoms with Crippen molar-refractivity contribution < 1.29 is 22.7 Å². The van der Waals surface area contributed by atoms with E-state index in [0.29, 0.717) is 22.5 Å². The van der Waals surface area contributed by atoms with Crippen LogP contribution in [0, 0.1) is 0 Å². The van der Waals surface area contributed by atoms with E-state index in [2.05, 4.69) is 10.1 Å². The second-order valence-corrected chi connectivity index (χ2v) is 9.42. The first-order valence-electron chi connectivity index (χ1n) is 10.1. The van der Waals surface area contributed by atoms with E-state index < -0.39 is 10.0 Å². The largest absolute Gasteiger partial charge is 0.493 e. The molecule has 0 radical (unpaired) electrons. The van der Waals surface area contributed by atoms with Crippen LogP contribution < -0.4 is 15.0 Å². The summed E-state index contributed by atoms with van der Waals surface area (Å²) in [6.07, 6.45) is 2.74. The average Bonchev–Trinajstić information content (AvgIpc) is 3.21. The van der Waals surface area contributed by atoms with Crippen LogP contribution in [-0.4, -0.2) is 83.3 Å². The first-order valence-corrected chi connectivity index (χ1v) is 11.6.